The van der Waals surface area contributed by atoms with E-state index in [0.717, 1.165) is 0 Å². The Bertz CT molecular complexity index is 387. The highest BCUT2D eigenvalue weighted by atomic mass is 16.2. The van der Waals surface area contributed by atoms with Crippen molar-refractivity contribution in [1.82, 2.24) is 14.7 Å². The molecule has 0 saturated carbocycles. The van der Waals surface area contributed by atoms with Crippen molar-refractivity contribution in [3.8, 4) is 6.07 Å². The van der Waals surface area contributed by atoms with Crippen LogP contribution in [0.25, 0.3) is 0 Å². The van der Waals surface area contributed by atoms with Crippen molar-refractivity contribution in [3.63, 3.8) is 0 Å². The van der Waals surface area contributed by atoms with Crippen LogP contribution in [0.1, 0.15) is 5.56 Å². The summed E-state index contributed by atoms with van der Waals surface area (Å²) in [4.78, 5) is 12.6. The molecule has 0 bridgehead atoms. The smallest absolute Gasteiger partial charge is 0.322 e. The molecular formula is C8H11N5O. The monoisotopic (exact) mass is 193 g/mol. The van der Waals surface area contributed by atoms with Gasteiger partial charge in [-0.3, -0.25) is 10.00 Å². The van der Waals surface area contributed by atoms with Crippen LogP contribution in [-0.2, 0) is 7.05 Å². The molecule has 0 atom stereocenters. The lowest BCUT2D eigenvalue weighted by Crippen LogP contribution is -2.27. The van der Waals surface area contributed by atoms with Gasteiger partial charge in [-0.25, -0.2) is 4.79 Å². The highest BCUT2D eigenvalue weighted by Crippen LogP contribution is 2.10. The van der Waals surface area contributed by atoms with Crippen molar-refractivity contribution in [1.29, 1.82) is 5.26 Å². The van der Waals surface area contributed by atoms with E-state index >= 15 is 0 Å². The highest BCUT2D eigenvalue weighted by molar-refractivity contribution is 5.89. The van der Waals surface area contributed by atoms with Gasteiger partial charge in [-0.05, 0) is 0 Å². The number of hydrogen-bond acceptors (Lipinski definition) is 3. The fourth-order valence-electron chi connectivity index (χ4n) is 0.876. The number of nitrogens with zero attached hydrogens (tertiary/aromatic N) is 4. The van der Waals surface area contributed by atoms with Gasteiger partial charge in [0, 0.05) is 27.3 Å². The molecule has 74 valence electrons. The molecule has 1 aromatic rings. The molecular weight excluding hydrogens is 182 g/mol. The first-order valence-electron chi connectivity index (χ1n) is 3.96. The zero-order valence-electron chi connectivity index (χ0n) is 8.27. The summed E-state index contributed by atoms with van der Waals surface area (Å²) >= 11 is 0. The summed E-state index contributed by atoms with van der Waals surface area (Å²) in [6.45, 7) is 0. The second kappa shape index (κ2) is 3.79. The molecule has 0 spiro atoms. The van der Waals surface area contributed by atoms with E-state index in [1.807, 2.05) is 6.07 Å². The molecule has 0 unspecified atom stereocenters. The number of nitrogens with one attached hydrogen (secondary N) is 1. The largest absolute Gasteiger partial charge is 0.331 e. The standard InChI is InChI=1S/C8H11N5O/c1-12(2)8(14)10-7-6(4-9)5-13(3)11-7/h5H,1-3H3,(H,10,11,14). The molecule has 1 aromatic heterocycles. The minimum Gasteiger partial charge on any atom is -0.331 e. The van der Waals surface area contributed by atoms with E-state index in [0.29, 0.717) is 5.56 Å². The van der Waals surface area contributed by atoms with Crippen LogP contribution in [0, 0.1) is 11.3 Å². The highest BCUT2D eigenvalue weighted by Gasteiger charge is 2.11. The number of hydrogen-bond donors (Lipinski definition) is 1. The van der Waals surface area contributed by atoms with E-state index in [-0.39, 0.29) is 11.8 Å². The van der Waals surface area contributed by atoms with Crippen molar-refractivity contribution in [2.75, 3.05) is 19.4 Å². The van der Waals surface area contributed by atoms with Crippen LogP contribution in [-0.4, -0.2) is 34.8 Å². The molecule has 0 aliphatic heterocycles. The van der Waals surface area contributed by atoms with Gasteiger partial charge in [0.2, 0.25) is 0 Å². The Labute approximate surface area is 81.7 Å². The molecule has 0 aromatic carbocycles. The van der Waals surface area contributed by atoms with Gasteiger partial charge in [0.15, 0.2) is 5.82 Å². The average Bonchev–Trinajstić information content (AvgIpc) is 2.45. The number of carbonyl (C=O) groups is 1. The Kier molecular flexibility index (Phi) is 2.72. The van der Waals surface area contributed by atoms with Gasteiger partial charge in [0.05, 0.1) is 0 Å². The lowest BCUT2D eigenvalue weighted by atomic mass is 10.4. The predicted molar refractivity (Wildman–Crippen MR) is 50.6 cm³/mol. The maximum Gasteiger partial charge on any atom is 0.322 e. The molecule has 1 heterocycles. The van der Waals surface area contributed by atoms with Crippen LogP contribution in [0.5, 0.6) is 0 Å². The maximum absolute atomic E-state index is 11.2. The number of aromatic nitrogens is 2. The second-order valence-electron chi connectivity index (χ2n) is 3.00. The molecule has 1 N–H and O–H groups in total. The second-order valence-corrected chi connectivity index (χ2v) is 3.00. The summed E-state index contributed by atoms with van der Waals surface area (Å²) in [6.07, 6.45) is 1.55. The van der Waals surface area contributed by atoms with Crippen molar-refractivity contribution >= 4 is 11.8 Å². The van der Waals surface area contributed by atoms with E-state index in [4.69, 9.17) is 5.26 Å². The van der Waals surface area contributed by atoms with Crippen molar-refractivity contribution in [3.05, 3.63) is 11.8 Å². The van der Waals surface area contributed by atoms with E-state index < -0.39 is 0 Å². The predicted octanol–water partition coefficient (Wildman–Crippen LogP) is 0.385. The Hall–Kier alpha value is -2.03. The molecule has 0 aliphatic rings. The Morgan fingerprint density at radius 1 is 1.71 bits per heavy atom. The van der Waals surface area contributed by atoms with Gasteiger partial charge in [-0.15, -0.1) is 0 Å². The average molecular weight is 193 g/mol. The fraction of sp³-hybridized carbons (Fsp3) is 0.375. The number of urea groups is 1. The first-order chi connectivity index (χ1) is 6.54. The molecule has 6 heteroatoms. The van der Waals surface area contributed by atoms with Gasteiger partial charge in [0.25, 0.3) is 0 Å². The summed E-state index contributed by atoms with van der Waals surface area (Å²) in [5, 5.41) is 15.2. The van der Waals surface area contributed by atoms with E-state index in [9.17, 15) is 4.79 Å². The normalized spacial score (nSPS) is 9.29. The number of nitriles is 1. The summed E-state index contributed by atoms with van der Waals surface area (Å²) in [5.74, 6) is 0.286. The summed E-state index contributed by atoms with van der Waals surface area (Å²) in [6, 6.07) is 1.64. The van der Waals surface area contributed by atoms with Crippen LogP contribution in [0.2, 0.25) is 0 Å². The molecule has 2 amide bonds. The van der Waals surface area contributed by atoms with Crippen LogP contribution in [0.4, 0.5) is 10.6 Å². The number of carbonyl (C=O) groups excluding carboxylic acids is 1. The first kappa shape index (κ1) is 10.1. The third-order valence-corrected chi connectivity index (χ3v) is 1.58. The minimum atomic E-state index is -0.305. The first-order valence-corrected chi connectivity index (χ1v) is 3.96. The van der Waals surface area contributed by atoms with Crippen LogP contribution in [0.15, 0.2) is 6.20 Å². The molecule has 1 rings (SSSR count). The lowest BCUT2D eigenvalue weighted by molar-refractivity contribution is 0.230. The molecule has 0 fully saturated rings. The number of anilines is 1. The number of amides is 2. The van der Waals surface area contributed by atoms with Crippen molar-refractivity contribution in [2.24, 2.45) is 7.05 Å². The molecule has 14 heavy (non-hydrogen) atoms. The van der Waals surface area contributed by atoms with E-state index in [2.05, 4.69) is 10.4 Å². The Morgan fingerprint density at radius 2 is 2.36 bits per heavy atom. The third-order valence-electron chi connectivity index (χ3n) is 1.58. The fourth-order valence-corrected chi connectivity index (χ4v) is 0.876. The number of aryl methyl sites for hydroxylation is 1. The SMILES string of the molecule is CN(C)C(=O)Nc1nn(C)cc1C#N. The summed E-state index contributed by atoms with van der Waals surface area (Å²) in [7, 11) is 4.92. The number of rotatable bonds is 1. The minimum absolute atomic E-state index is 0.286. The van der Waals surface area contributed by atoms with Crippen LogP contribution >= 0.6 is 0 Å². The topological polar surface area (TPSA) is 74.0 Å². The molecule has 0 aliphatic carbocycles. The van der Waals surface area contributed by atoms with Gasteiger partial charge < -0.3 is 4.90 Å². The Balaban J connectivity index is 2.87. The molecule has 0 saturated heterocycles. The van der Waals surface area contributed by atoms with Crippen LogP contribution < -0.4 is 5.32 Å². The van der Waals surface area contributed by atoms with E-state index in [1.165, 1.54) is 9.58 Å². The maximum atomic E-state index is 11.2. The van der Waals surface area contributed by atoms with Crippen molar-refractivity contribution in [2.45, 2.75) is 0 Å². The molecule has 6 nitrogen and oxygen atoms in total. The third kappa shape index (κ3) is 2.01. The van der Waals surface area contributed by atoms with Gasteiger partial charge in [0.1, 0.15) is 11.6 Å². The van der Waals surface area contributed by atoms with Gasteiger partial charge in [-0.1, -0.05) is 0 Å². The Morgan fingerprint density at radius 3 is 2.86 bits per heavy atom. The summed E-state index contributed by atoms with van der Waals surface area (Å²) < 4.78 is 1.48. The summed E-state index contributed by atoms with van der Waals surface area (Å²) in [5.41, 5.74) is 0.350. The molecule has 0 radical (unpaired) electrons. The van der Waals surface area contributed by atoms with Crippen LogP contribution in [0.3, 0.4) is 0 Å². The van der Waals surface area contributed by atoms with Gasteiger partial charge in [-0.2, -0.15) is 10.4 Å². The zero-order chi connectivity index (χ0) is 10.7. The zero-order valence-corrected chi connectivity index (χ0v) is 8.27. The quantitative estimate of drug-likeness (QED) is 0.700. The van der Waals surface area contributed by atoms with E-state index in [1.54, 1.807) is 27.3 Å². The van der Waals surface area contributed by atoms with Crippen molar-refractivity contribution < 1.29 is 4.79 Å². The lowest BCUT2D eigenvalue weighted by Gasteiger charge is -2.09. The van der Waals surface area contributed by atoms with Gasteiger partial charge >= 0.3 is 6.03 Å².